The van der Waals surface area contributed by atoms with Gasteiger partial charge in [-0.1, -0.05) is 18.2 Å². The van der Waals surface area contributed by atoms with Crippen molar-refractivity contribution >= 4 is 16.8 Å². The number of fused-ring (bicyclic) bond motifs is 3. The van der Waals surface area contributed by atoms with Crippen LogP contribution in [0.1, 0.15) is 24.1 Å². The molecule has 4 rings (SSSR count). The monoisotopic (exact) mass is 283 g/mol. The lowest BCUT2D eigenvalue weighted by Gasteiger charge is -2.32. The van der Waals surface area contributed by atoms with Crippen molar-refractivity contribution in [1.29, 1.82) is 0 Å². The van der Waals surface area contributed by atoms with E-state index in [1.54, 1.807) is 0 Å². The first-order chi connectivity index (χ1) is 10.3. The average Bonchev–Trinajstić information content (AvgIpc) is 2.93. The van der Waals surface area contributed by atoms with Crippen molar-refractivity contribution in [2.45, 2.75) is 25.8 Å². The van der Waals surface area contributed by atoms with Crippen molar-refractivity contribution in [3.8, 4) is 0 Å². The average molecular weight is 283 g/mol. The van der Waals surface area contributed by atoms with Crippen molar-refractivity contribution in [1.82, 2.24) is 15.2 Å². The molecule has 0 unspecified atom stereocenters. The highest BCUT2D eigenvalue weighted by Crippen LogP contribution is 2.28. The van der Waals surface area contributed by atoms with E-state index in [1.165, 1.54) is 22.2 Å². The molecule has 4 nitrogen and oxygen atoms in total. The molecule has 0 bridgehead atoms. The Kier molecular flexibility index (Phi) is 3.19. The maximum Gasteiger partial charge on any atom is 0.227 e. The number of aromatic amines is 1. The second-order valence-electron chi connectivity index (χ2n) is 6.18. The lowest BCUT2D eigenvalue weighted by atomic mass is 9.96. The number of benzene rings is 1. The highest BCUT2D eigenvalue weighted by molar-refractivity contribution is 5.86. The van der Waals surface area contributed by atoms with Crippen molar-refractivity contribution in [3.05, 3.63) is 35.5 Å². The van der Waals surface area contributed by atoms with Gasteiger partial charge >= 0.3 is 0 Å². The Morgan fingerprint density at radius 3 is 3.05 bits per heavy atom. The molecule has 1 aromatic heterocycles. The van der Waals surface area contributed by atoms with Crippen LogP contribution >= 0.6 is 0 Å². The number of carbonyl (C=O) groups excluding carboxylic acids is 1. The number of rotatable bonds is 1. The van der Waals surface area contributed by atoms with Gasteiger partial charge in [-0.15, -0.1) is 0 Å². The molecule has 1 fully saturated rings. The van der Waals surface area contributed by atoms with Crippen molar-refractivity contribution in [2.24, 2.45) is 5.92 Å². The topological polar surface area (TPSA) is 48.1 Å². The first kappa shape index (κ1) is 12.9. The third-order valence-electron chi connectivity index (χ3n) is 4.84. The van der Waals surface area contributed by atoms with Crippen LogP contribution in [-0.2, 0) is 17.8 Å². The predicted octanol–water partition coefficient (Wildman–Crippen LogP) is 2.05. The van der Waals surface area contributed by atoms with Gasteiger partial charge in [0.25, 0.3) is 0 Å². The Morgan fingerprint density at radius 2 is 2.19 bits per heavy atom. The fraction of sp³-hybridized carbons (Fsp3) is 0.471. The van der Waals surface area contributed by atoms with Gasteiger partial charge in [0.1, 0.15) is 0 Å². The summed E-state index contributed by atoms with van der Waals surface area (Å²) in [6.45, 7) is 3.50. The number of carbonyl (C=O) groups is 1. The van der Waals surface area contributed by atoms with E-state index in [2.05, 4.69) is 39.5 Å². The Morgan fingerprint density at radius 1 is 1.29 bits per heavy atom. The van der Waals surface area contributed by atoms with E-state index in [-0.39, 0.29) is 5.92 Å². The second-order valence-corrected chi connectivity index (χ2v) is 6.18. The van der Waals surface area contributed by atoms with Crippen molar-refractivity contribution < 1.29 is 4.79 Å². The third-order valence-corrected chi connectivity index (χ3v) is 4.84. The Balaban J connectivity index is 1.59. The molecule has 2 N–H and O–H groups in total. The van der Waals surface area contributed by atoms with Gasteiger partial charge in [0.2, 0.25) is 5.91 Å². The van der Waals surface area contributed by atoms with Crippen LogP contribution in [0.25, 0.3) is 10.9 Å². The lowest BCUT2D eigenvalue weighted by molar-refractivity contribution is -0.137. The van der Waals surface area contributed by atoms with Crippen LogP contribution in [0.5, 0.6) is 0 Å². The first-order valence-electron chi connectivity index (χ1n) is 7.91. The molecule has 0 aliphatic carbocycles. The molecule has 2 aromatic rings. The number of hydrogen-bond donors (Lipinski definition) is 2. The van der Waals surface area contributed by atoms with E-state index in [9.17, 15) is 4.79 Å². The maximum atomic E-state index is 12.7. The fourth-order valence-electron chi connectivity index (χ4n) is 3.68. The van der Waals surface area contributed by atoms with E-state index in [0.717, 1.165) is 45.4 Å². The molecule has 0 radical (unpaired) electrons. The van der Waals surface area contributed by atoms with Crippen molar-refractivity contribution in [3.63, 3.8) is 0 Å². The third kappa shape index (κ3) is 2.23. The van der Waals surface area contributed by atoms with E-state index in [4.69, 9.17) is 0 Å². The molecular weight excluding hydrogens is 262 g/mol. The zero-order chi connectivity index (χ0) is 14.2. The van der Waals surface area contributed by atoms with Gasteiger partial charge in [0.15, 0.2) is 0 Å². The number of aromatic nitrogens is 1. The summed E-state index contributed by atoms with van der Waals surface area (Å²) < 4.78 is 0. The van der Waals surface area contributed by atoms with Crippen molar-refractivity contribution in [2.75, 3.05) is 19.6 Å². The SMILES string of the molecule is O=C([C@@H]1CCCNC1)N1CCc2[nH]c3ccccc3c2C1. The number of para-hydroxylation sites is 1. The summed E-state index contributed by atoms with van der Waals surface area (Å²) in [7, 11) is 0. The van der Waals surface area contributed by atoms with Gasteiger partial charge in [-0.2, -0.15) is 0 Å². The largest absolute Gasteiger partial charge is 0.358 e. The highest BCUT2D eigenvalue weighted by Gasteiger charge is 2.29. The van der Waals surface area contributed by atoms with Crippen LogP contribution in [0.4, 0.5) is 0 Å². The van der Waals surface area contributed by atoms with Gasteiger partial charge in [0.05, 0.1) is 5.92 Å². The number of piperidine rings is 1. The molecule has 1 amide bonds. The van der Waals surface area contributed by atoms with Crippen LogP contribution < -0.4 is 5.32 Å². The van der Waals surface area contributed by atoms with Gasteiger partial charge in [-0.25, -0.2) is 0 Å². The molecule has 1 atom stereocenters. The molecule has 1 aromatic carbocycles. The maximum absolute atomic E-state index is 12.7. The molecule has 110 valence electrons. The normalized spacial score (nSPS) is 22.3. The molecule has 3 heterocycles. The van der Waals surface area contributed by atoms with E-state index < -0.39 is 0 Å². The van der Waals surface area contributed by atoms with Gasteiger partial charge in [0, 0.05) is 48.2 Å². The van der Waals surface area contributed by atoms with Crippen LogP contribution in [0.15, 0.2) is 24.3 Å². The predicted molar refractivity (Wildman–Crippen MR) is 83.0 cm³/mol. The van der Waals surface area contributed by atoms with Gasteiger partial charge in [-0.05, 0) is 25.5 Å². The standard InChI is InChI=1S/C17H21N3O/c21-17(12-4-3-8-18-10-12)20-9-7-16-14(11-20)13-5-1-2-6-15(13)19-16/h1-2,5-6,12,18-19H,3-4,7-11H2/t12-/m1/s1. The minimum Gasteiger partial charge on any atom is -0.358 e. The smallest absolute Gasteiger partial charge is 0.227 e. The summed E-state index contributed by atoms with van der Waals surface area (Å²) in [6.07, 6.45) is 3.08. The van der Waals surface area contributed by atoms with Crippen LogP contribution in [0.3, 0.4) is 0 Å². The quantitative estimate of drug-likeness (QED) is 0.841. The number of amides is 1. The molecule has 1 saturated heterocycles. The molecule has 2 aliphatic heterocycles. The molecule has 21 heavy (non-hydrogen) atoms. The second kappa shape index (κ2) is 5.19. The molecule has 2 aliphatic rings. The number of H-pyrrole nitrogens is 1. The van der Waals surface area contributed by atoms with Crippen LogP contribution in [-0.4, -0.2) is 35.4 Å². The number of nitrogens with zero attached hydrogens (tertiary/aromatic N) is 1. The molecular formula is C17H21N3O. The molecule has 0 saturated carbocycles. The van der Waals surface area contributed by atoms with E-state index >= 15 is 0 Å². The summed E-state index contributed by atoms with van der Waals surface area (Å²) in [5.41, 5.74) is 3.81. The molecule has 0 spiro atoms. The summed E-state index contributed by atoms with van der Waals surface area (Å²) in [5, 5.41) is 4.62. The highest BCUT2D eigenvalue weighted by atomic mass is 16.2. The first-order valence-corrected chi connectivity index (χ1v) is 7.91. The van der Waals surface area contributed by atoms with Gasteiger partial charge in [-0.3, -0.25) is 4.79 Å². The van der Waals surface area contributed by atoms with Gasteiger partial charge < -0.3 is 15.2 Å². The van der Waals surface area contributed by atoms with E-state index in [0.29, 0.717) is 5.91 Å². The number of hydrogen-bond acceptors (Lipinski definition) is 2. The minimum atomic E-state index is 0.172. The number of nitrogens with one attached hydrogen (secondary N) is 2. The molecule has 4 heteroatoms. The lowest BCUT2D eigenvalue weighted by Crippen LogP contribution is -2.44. The summed E-state index contributed by atoms with van der Waals surface area (Å²) >= 11 is 0. The van der Waals surface area contributed by atoms with E-state index in [1.807, 2.05) is 0 Å². The Hall–Kier alpha value is -1.81. The Bertz CT molecular complexity index is 670. The van der Waals surface area contributed by atoms with Crippen LogP contribution in [0.2, 0.25) is 0 Å². The Labute approximate surface area is 124 Å². The minimum absolute atomic E-state index is 0.172. The zero-order valence-electron chi connectivity index (χ0n) is 12.2. The summed E-state index contributed by atoms with van der Waals surface area (Å²) in [5.74, 6) is 0.503. The fourth-order valence-corrected chi connectivity index (χ4v) is 3.68. The summed E-state index contributed by atoms with van der Waals surface area (Å²) in [6, 6.07) is 8.40. The van der Waals surface area contributed by atoms with Crippen LogP contribution in [0, 0.1) is 5.92 Å². The summed E-state index contributed by atoms with van der Waals surface area (Å²) in [4.78, 5) is 18.3. The zero-order valence-corrected chi connectivity index (χ0v) is 12.2.